The van der Waals surface area contributed by atoms with Crippen molar-refractivity contribution in [1.82, 2.24) is 0 Å². The first-order valence-electron chi connectivity index (χ1n) is 6.54. The summed E-state index contributed by atoms with van der Waals surface area (Å²) >= 11 is 0. The van der Waals surface area contributed by atoms with Crippen molar-refractivity contribution in [1.29, 1.82) is 5.26 Å². The fraction of sp³-hybridized carbons (Fsp3) is 0.250. The summed E-state index contributed by atoms with van der Waals surface area (Å²) in [6.45, 7) is 2.67. The van der Waals surface area contributed by atoms with Crippen LogP contribution in [-0.4, -0.2) is 14.1 Å². The van der Waals surface area contributed by atoms with Gasteiger partial charge in [0.15, 0.2) is 5.56 Å². The van der Waals surface area contributed by atoms with Gasteiger partial charge in [-0.3, -0.25) is 5.32 Å². The molecule has 0 bridgehead atoms. The van der Waals surface area contributed by atoms with Crippen molar-refractivity contribution in [2.45, 2.75) is 13.5 Å². The Labute approximate surface area is 119 Å². The van der Waals surface area contributed by atoms with Crippen LogP contribution in [-0.2, 0) is 6.54 Å². The summed E-state index contributed by atoms with van der Waals surface area (Å²) in [7, 11) is 3.88. The van der Waals surface area contributed by atoms with Crippen molar-refractivity contribution in [3.8, 4) is 6.07 Å². The third-order valence-electron chi connectivity index (χ3n) is 3.09. The molecule has 2 aromatic rings. The first-order chi connectivity index (χ1) is 9.61. The number of anilines is 2. The molecule has 0 atom stereocenters. The first-order valence-corrected chi connectivity index (χ1v) is 6.54. The molecule has 4 nitrogen and oxygen atoms in total. The number of rotatable bonds is 4. The van der Waals surface area contributed by atoms with Gasteiger partial charge >= 0.3 is 0 Å². The van der Waals surface area contributed by atoms with E-state index in [1.54, 1.807) is 0 Å². The number of aromatic amines is 1. The van der Waals surface area contributed by atoms with E-state index in [2.05, 4.69) is 28.5 Å². The highest BCUT2D eigenvalue weighted by Crippen LogP contribution is 2.23. The molecule has 1 aromatic heterocycles. The van der Waals surface area contributed by atoms with Crippen LogP contribution in [0, 0.1) is 18.3 Å². The Balaban J connectivity index is 2.30. The Hall–Kier alpha value is -2.54. The number of nitrogens with one attached hydrogen (secondary N) is 2. The number of pyridine rings is 1. The summed E-state index contributed by atoms with van der Waals surface area (Å²) in [6.07, 6.45) is 0. The maximum atomic E-state index is 9.40. The molecule has 0 spiro atoms. The number of H-pyrrole nitrogens is 1. The molecule has 0 unspecified atom stereocenters. The van der Waals surface area contributed by atoms with Gasteiger partial charge in [0.2, 0.25) is 0 Å². The van der Waals surface area contributed by atoms with Crippen molar-refractivity contribution in [3.63, 3.8) is 0 Å². The molecule has 0 saturated carbocycles. The smallest absolute Gasteiger partial charge is 0.293 e. The Morgan fingerprint density at radius 3 is 2.55 bits per heavy atom. The van der Waals surface area contributed by atoms with Crippen LogP contribution in [0.3, 0.4) is 0 Å². The Morgan fingerprint density at radius 1 is 1.25 bits per heavy atom. The second kappa shape index (κ2) is 6.07. The summed E-state index contributed by atoms with van der Waals surface area (Å²) in [6, 6.07) is 14.4. The Kier molecular flexibility index (Phi) is 4.21. The summed E-state index contributed by atoms with van der Waals surface area (Å²) < 4.78 is 0. The maximum absolute atomic E-state index is 9.40. The average Bonchev–Trinajstić information content (AvgIpc) is 2.45. The van der Waals surface area contributed by atoms with E-state index in [1.807, 2.05) is 50.2 Å². The minimum absolute atomic E-state index is 0.636. The highest BCUT2D eigenvalue weighted by atomic mass is 15.1. The zero-order valence-corrected chi connectivity index (χ0v) is 12.1. The van der Waals surface area contributed by atoms with Gasteiger partial charge in [-0.15, -0.1) is 0 Å². The standard InChI is InChI=1S/C16H18N4/c1-12-9-15(20(2)3)14(10-17)16(19-12)18-11-13-7-5-4-6-8-13/h4-9H,11H2,1-3H3,(H,18,19)/p+1. The van der Waals surface area contributed by atoms with Gasteiger partial charge in [0.05, 0.1) is 5.69 Å². The van der Waals surface area contributed by atoms with E-state index in [1.165, 1.54) is 5.56 Å². The molecule has 4 heteroatoms. The average molecular weight is 267 g/mol. The van der Waals surface area contributed by atoms with E-state index >= 15 is 0 Å². The third-order valence-corrected chi connectivity index (χ3v) is 3.09. The molecule has 0 aliphatic rings. The van der Waals surface area contributed by atoms with Crippen molar-refractivity contribution >= 4 is 11.5 Å². The number of hydrogen-bond acceptors (Lipinski definition) is 3. The lowest BCUT2D eigenvalue weighted by Crippen LogP contribution is -2.21. The fourth-order valence-corrected chi connectivity index (χ4v) is 2.09. The quantitative estimate of drug-likeness (QED) is 0.925. The molecule has 0 amide bonds. The van der Waals surface area contributed by atoms with Gasteiger partial charge in [-0.05, 0) is 12.5 Å². The van der Waals surface area contributed by atoms with Crippen molar-refractivity contribution in [3.05, 3.63) is 53.2 Å². The molecule has 1 aromatic carbocycles. The molecule has 0 radical (unpaired) electrons. The van der Waals surface area contributed by atoms with E-state index in [0.717, 1.165) is 17.2 Å². The lowest BCUT2D eigenvalue weighted by atomic mass is 10.1. The summed E-state index contributed by atoms with van der Waals surface area (Å²) in [5.74, 6) is 0.764. The lowest BCUT2D eigenvalue weighted by Gasteiger charge is -2.15. The van der Waals surface area contributed by atoms with Crippen LogP contribution >= 0.6 is 0 Å². The topological polar surface area (TPSA) is 53.2 Å². The molecule has 0 fully saturated rings. The molecular weight excluding hydrogens is 248 g/mol. The predicted octanol–water partition coefficient (Wildman–Crippen LogP) is 2.36. The third kappa shape index (κ3) is 3.07. The van der Waals surface area contributed by atoms with Crippen LogP contribution in [0.15, 0.2) is 36.4 Å². The van der Waals surface area contributed by atoms with Gasteiger partial charge in [-0.2, -0.15) is 5.26 Å². The summed E-state index contributed by atoms with van der Waals surface area (Å²) in [4.78, 5) is 5.18. The van der Waals surface area contributed by atoms with E-state index in [9.17, 15) is 5.26 Å². The molecule has 0 saturated heterocycles. The van der Waals surface area contributed by atoms with Crippen LogP contribution in [0.2, 0.25) is 0 Å². The van der Waals surface area contributed by atoms with Crippen LogP contribution < -0.4 is 15.2 Å². The van der Waals surface area contributed by atoms with Gasteiger partial charge in [-0.25, -0.2) is 4.98 Å². The van der Waals surface area contributed by atoms with Crippen LogP contribution in [0.5, 0.6) is 0 Å². The summed E-state index contributed by atoms with van der Waals surface area (Å²) in [5.41, 5.74) is 3.75. The molecule has 20 heavy (non-hydrogen) atoms. The molecule has 2 rings (SSSR count). The monoisotopic (exact) mass is 267 g/mol. The SMILES string of the molecule is Cc1cc(N(C)C)c(C#N)c(NCc2ccccc2)[nH+]1. The second-order valence-electron chi connectivity index (χ2n) is 4.93. The number of hydrogen-bond donors (Lipinski definition) is 1. The van der Waals surface area contributed by atoms with E-state index in [0.29, 0.717) is 12.1 Å². The number of aromatic nitrogens is 1. The minimum atomic E-state index is 0.636. The second-order valence-corrected chi connectivity index (χ2v) is 4.93. The Morgan fingerprint density at radius 2 is 1.95 bits per heavy atom. The molecule has 102 valence electrons. The zero-order valence-electron chi connectivity index (χ0n) is 12.1. The molecule has 0 aliphatic carbocycles. The molecule has 2 N–H and O–H groups in total. The van der Waals surface area contributed by atoms with E-state index < -0.39 is 0 Å². The van der Waals surface area contributed by atoms with Gasteiger partial charge in [-0.1, -0.05) is 30.3 Å². The highest BCUT2D eigenvalue weighted by Gasteiger charge is 2.17. The Bertz CT molecular complexity index is 627. The number of nitriles is 1. The maximum Gasteiger partial charge on any atom is 0.293 e. The van der Waals surface area contributed by atoms with Gasteiger partial charge in [0.1, 0.15) is 18.3 Å². The fourth-order valence-electron chi connectivity index (χ4n) is 2.09. The summed E-state index contributed by atoms with van der Waals surface area (Å²) in [5, 5.41) is 12.7. The number of nitrogens with zero attached hydrogens (tertiary/aromatic N) is 2. The van der Waals surface area contributed by atoms with Crippen molar-refractivity contribution in [2.75, 3.05) is 24.3 Å². The van der Waals surface area contributed by atoms with Gasteiger partial charge in [0.25, 0.3) is 5.82 Å². The molecule has 1 heterocycles. The van der Waals surface area contributed by atoms with Gasteiger partial charge < -0.3 is 4.90 Å². The number of benzene rings is 1. The van der Waals surface area contributed by atoms with Crippen molar-refractivity contribution in [2.24, 2.45) is 0 Å². The van der Waals surface area contributed by atoms with Gasteiger partial charge in [0, 0.05) is 20.2 Å². The van der Waals surface area contributed by atoms with E-state index in [4.69, 9.17) is 0 Å². The minimum Gasteiger partial charge on any atom is -0.376 e. The highest BCUT2D eigenvalue weighted by molar-refractivity contribution is 5.66. The first kappa shape index (κ1) is 13.9. The largest absolute Gasteiger partial charge is 0.376 e. The van der Waals surface area contributed by atoms with Crippen molar-refractivity contribution < 1.29 is 4.98 Å². The number of aryl methyl sites for hydroxylation is 1. The lowest BCUT2D eigenvalue weighted by molar-refractivity contribution is -0.371. The predicted molar refractivity (Wildman–Crippen MR) is 80.5 cm³/mol. The molecular formula is C16H19N4+. The van der Waals surface area contributed by atoms with Crippen LogP contribution in [0.25, 0.3) is 0 Å². The zero-order chi connectivity index (χ0) is 14.5. The normalized spacial score (nSPS) is 9.90. The van der Waals surface area contributed by atoms with Crippen LogP contribution in [0.4, 0.5) is 11.5 Å². The van der Waals surface area contributed by atoms with Crippen LogP contribution in [0.1, 0.15) is 16.8 Å². The molecule has 0 aliphatic heterocycles. The van der Waals surface area contributed by atoms with E-state index in [-0.39, 0.29) is 0 Å².